The highest BCUT2D eigenvalue weighted by molar-refractivity contribution is 7.18. The maximum absolute atomic E-state index is 9.19. The van der Waals surface area contributed by atoms with Gasteiger partial charge in [-0.1, -0.05) is 11.3 Å². The zero-order chi connectivity index (χ0) is 12.4. The summed E-state index contributed by atoms with van der Waals surface area (Å²) < 4.78 is 0. The molecular formula is C13H11N3OS. The number of anilines is 1. The zero-order valence-corrected chi connectivity index (χ0v) is 10.3. The number of nitrogens with one attached hydrogen (secondary N) is 1. The Labute approximate surface area is 108 Å². The molecule has 5 heteroatoms. The fraction of sp³-hybridized carbons (Fsp3) is 0.0769. The Bertz CT molecular complexity index is 630. The largest absolute Gasteiger partial charge is 0.508 e. The van der Waals surface area contributed by atoms with Crippen LogP contribution in [0.1, 0.15) is 5.01 Å². The van der Waals surface area contributed by atoms with E-state index in [0.717, 1.165) is 21.0 Å². The third-order valence-corrected chi connectivity index (χ3v) is 3.50. The van der Waals surface area contributed by atoms with Gasteiger partial charge in [-0.15, -0.1) is 0 Å². The lowest BCUT2D eigenvalue weighted by Gasteiger charge is -2.03. The van der Waals surface area contributed by atoms with Crippen LogP contribution in [0, 0.1) is 0 Å². The van der Waals surface area contributed by atoms with Crippen LogP contribution in [0.3, 0.4) is 0 Å². The maximum Gasteiger partial charge on any atom is 0.143 e. The smallest absolute Gasteiger partial charge is 0.143 e. The summed E-state index contributed by atoms with van der Waals surface area (Å²) in [6, 6.07) is 10.8. The molecule has 0 aliphatic rings. The molecule has 0 spiro atoms. The van der Waals surface area contributed by atoms with Gasteiger partial charge in [0, 0.05) is 11.9 Å². The second-order valence-corrected chi connectivity index (χ2v) is 4.90. The molecule has 0 radical (unpaired) electrons. The van der Waals surface area contributed by atoms with E-state index < -0.39 is 0 Å². The first-order valence-corrected chi connectivity index (χ1v) is 6.36. The minimum atomic E-state index is 0.268. The van der Waals surface area contributed by atoms with Crippen LogP contribution < -0.4 is 5.32 Å². The lowest BCUT2D eigenvalue weighted by Crippen LogP contribution is -1.98. The van der Waals surface area contributed by atoms with Gasteiger partial charge in [0.25, 0.3) is 0 Å². The summed E-state index contributed by atoms with van der Waals surface area (Å²) in [4.78, 5) is 9.71. The Morgan fingerprint density at radius 2 is 2.00 bits per heavy atom. The van der Waals surface area contributed by atoms with E-state index in [0.29, 0.717) is 6.54 Å². The van der Waals surface area contributed by atoms with Gasteiger partial charge < -0.3 is 10.4 Å². The average molecular weight is 257 g/mol. The summed E-state index contributed by atoms with van der Waals surface area (Å²) in [6.45, 7) is 0.659. The van der Waals surface area contributed by atoms with Crippen molar-refractivity contribution in [3.8, 4) is 5.75 Å². The molecule has 2 heterocycles. The van der Waals surface area contributed by atoms with Gasteiger partial charge in [-0.05, 0) is 36.4 Å². The molecule has 90 valence electrons. The minimum absolute atomic E-state index is 0.268. The number of benzene rings is 1. The molecule has 4 nitrogen and oxygen atoms in total. The van der Waals surface area contributed by atoms with Gasteiger partial charge in [0.05, 0.1) is 6.54 Å². The van der Waals surface area contributed by atoms with Gasteiger partial charge in [0.1, 0.15) is 21.1 Å². The Hall–Kier alpha value is -2.14. The van der Waals surface area contributed by atoms with Gasteiger partial charge in [0.15, 0.2) is 0 Å². The number of aromatic nitrogens is 2. The molecule has 0 saturated carbocycles. The minimum Gasteiger partial charge on any atom is -0.508 e. The van der Waals surface area contributed by atoms with Crippen molar-refractivity contribution < 1.29 is 5.11 Å². The number of rotatable bonds is 3. The summed E-state index contributed by atoms with van der Waals surface area (Å²) in [5.74, 6) is 0.268. The van der Waals surface area contributed by atoms with Crippen molar-refractivity contribution in [2.45, 2.75) is 6.54 Å². The van der Waals surface area contributed by atoms with Gasteiger partial charge in [-0.3, -0.25) is 0 Å². The first-order chi connectivity index (χ1) is 8.81. The zero-order valence-electron chi connectivity index (χ0n) is 9.50. The summed E-state index contributed by atoms with van der Waals surface area (Å²) in [5, 5.41) is 13.4. The van der Waals surface area contributed by atoms with Crippen molar-refractivity contribution in [2.24, 2.45) is 0 Å². The second kappa shape index (κ2) is 4.62. The Morgan fingerprint density at radius 3 is 2.78 bits per heavy atom. The van der Waals surface area contributed by atoms with Crippen LogP contribution in [-0.2, 0) is 6.54 Å². The predicted octanol–water partition coefficient (Wildman–Crippen LogP) is 3.01. The summed E-state index contributed by atoms with van der Waals surface area (Å²) in [6.07, 6.45) is 1.78. The number of fused-ring (bicyclic) bond motifs is 1. The highest BCUT2D eigenvalue weighted by Crippen LogP contribution is 2.20. The van der Waals surface area contributed by atoms with Crippen molar-refractivity contribution in [3.05, 3.63) is 47.6 Å². The van der Waals surface area contributed by atoms with E-state index in [2.05, 4.69) is 15.3 Å². The number of pyridine rings is 1. The number of thiazole rings is 1. The van der Waals surface area contributed by atoms with Crippen LogP contribution in [0.5, 0.6) is 5.75 Å². The molecule has 0 saturated heterocycles. The highest BCUT2D eigenvalue weighted by atomic mass is 32.1. The molecule has 3 aromatic rings. The van der Waals surface area contributed by atoms with Gasteiger partial charge >= 0.3 is 0 Å². The summed E-state index contributed by atoms with van der Waals surface area (Å²) >= 11 is 1.59. The molecule has 2 N–H and O–H groups in total. The van der Waals surface area contributed by atoms with E-state index in [1.165, 1.54) is 0 Å². The molecule has 2 aromatic heterocycles. The van der Waals surface area contributed by atoms with E-state index >= 15 is 0 Å². The van der Waals surface area contributed by atoms with Crippen molar-refractivity contribution in [1.82, 2.24) is 9.97 Å². The predicted molar refractivity (Wildman–Crippen MR) is 72.8 cm³/mol. The first-order valence-electron chi connectivity index (χ1n) is 5.54. The van der Waals surface area contributed by atoms with E-state index in [9.17, 15) is 5.11 Å². The number of hydrogen-bond acceptors (Lipinski definition) is 5. The van der Waals surface area contributed by atoms with Crippen LogP contribution in [0.2, 0.25) is 0 Å². The third kappa shape index (κ3) is 2.26. The van der Waals surface area contributed by atoms with Crippen LogP contribution in [0.15, 0.2) is 42.6 Å². The maximum atomic E-state index is 9.19. The topological polar surface area (TPSA) is 58.0 Å². The van der Waals surface area contributed by atoms with Crippen molar-refractivity contribution in [1.29, 1.82) is 0 Å². The van der Waals surface area contributed by atoms with E-state index in [1.807, 2.05) is 24.3 Å². The molecule has 0 unspecified atom stereocenters. The number of aromatic hydroxyl groups is 1. The molecule has 18 heavy (non-hydrogen) atoms. The Balaban J connectivity index is 1.74. The van der Waals surface area contributed by atoms with Crippen molar-refractivity contribution >= 4 is 27.4 Å². The summed E-state index contributed by atoms with van der Waals surface area (Å²) in [5.41, 5.74) is 1.89. The quantitative estimate of drug-likeness (QED) is 0.708. The lowest BCUT2D eigenvalue weighted by molar-refractivity contribution is 0.475. The van der Waals surface area contributed by atoms with Crippen LogP contribution in [-0.4, -0.2) is 15.1 Å². The molecule has 0 bridgehead atoms. The second-order valence-electron chi connectivity index (χ2n) is 3.84. The molecular weight excluding hydrogens is 246 g/mol. The van der Waals surface area contributed by atoms with Crippen LogP contribution in [0.4, 0.5) is 5.69 Å². The highest BCUT2D eigenvalue weighted by Gasteiger charge is 2.03. The van der Waals surface area contributed by atoms with Gasteiger partial charge in [-0.25, -0.2) is 9.97 Å². The number of nitrogens with zero attached hydrogens (tertiary/aromatic N) is 2. The third-order valence-electron chi connectivity index (χ3n) is 2.52. The van der Waals surface area contributed by atoms with E-state index in [-0.39, 0.29) is 5.75 Å². The lowest BCUT2D eigenvalue weighted by atomic mass is 10.3. The Kier molecular flexibility index (Phi) is 2.82. The summed E-state index contributed by atoms with van der Waals surface area (Å²) in [7, 11) is 0. The van der Waals surface area contributed by atoms with E-state index in [1.54, 1.807) is 29.7 Å². The van der Waals surface area contributed by atoms with Crippen LogP contribution >= 0.6 is 11.3 Å². The molecule has 0 fully saturated rings. The van der Waals surface area contributed by atoms with Crippen LogP contribution in [0.25, 0.3) is 10.3 Å². The monoisotopic (exact) mass is 257 g/mol. The normalized spacial score (nSPS) is 10.7. The van der Waals surface area contributed by atoms with Crippen molar-refractivity contribution in [2.75, 3.05) is 5.32 Å². The van der Waals surface area contributed by atoms with E-state index in [4.69, 9.17) is 0 Å². The van der Waals surface area contributed by atoms with Gasteiger partial charge in [0.2, 0.25) is 0 Å². The molecule has 1 aromatic carbocycles. The molecule has 0 aliphatic heterocycles. The number of phenolic OH excluding ortho intramolecular Hbond substituents is 1. The molecule has 0 aliphatic carbocycles. The average Bonchev–Trinajstić information content (AvgIpc) is 2.81. The standard InChI is InChI=1S/C13H11N3OS/c17-10-5-3-9(4-6-10)15-8-12-16-11-2-1-7-14-13(11)18-12/h1-7,15,17H,8H2. The molecule has 3 rings (SSSR count). The first kappa shape index (κ1) is 11.0. The Morgan fingerprint density at radius 1 is 1.17 bits per heavy atom. The fourth-order valence-electron chi connectivity index (χ4n) is 1.65. The number of hydrogen-bond donors (Lipinski definition) is 2. The number of phenols is 1. The fourth-order valence-corrected chi connectivity index (χ4v) is 2.49. The molecule has 0 amide bonds. The van der Waals surface area contributed by atoms with Gasteiger partial charge in [-0.2, -0.15) is 0 Å². The SMILES string of the molecule is Oc1ccc(NCc2nc3cccnc3s2)cc1. The molecule has 0 atom stereocenters. The van der Waals surface area contributed by atoms with Crippen molar-refractivity contribution in [3.63, 3.8) is 0 Å².